The van der Waals surface area contributed by atoms with Crippen molar-refractivity contribution < 1.29 is 9.53 Å². The van der Waals surface area contributed by atoms with E-state index in [1.165, 1.54) is 7.11 Å². The Bertz CT molecular complexity index is 221. The number of methoxy groups -OCH3 is 1. The van der Waals surface area contributed by atoms with Crippen LogP contribution in [-0.2, 0) is 9.53 Å². The highest BCUT2D eigenvalue weighted by Gasteiger charge is 2.21. The van der Waals surface area contributed by atoms with E-state index in [0.29, 0.717) is 17.2 Å². The number of esters is 1. The quantitative estimate of drug-likeness (QED) is 0.600. The highest BCUT2D eigenvalue weighted by atomic mass is 16.5. The summed E-state index contributed by atoms with van der Waals surface area (Å²) < 4.78 is 4.62. The third-order valence-electron chi connectivity index (χ3n) is 2.27. The second-order valence-corrected chi connectivity index (χ2v) is 3.34. The molecule has 0 saturated heterocycles. The third kappa shape index (κ3) is 1.78. The highest BCUT2D eigenvalue weighted by molar-refractivity contribution is 5.89. The molecular formula is C9H15NO2. The summed E-state index contributed by atoms with van der Waals surface area (Å²) in [6.07, 6.45) is 2.62. The van der Waals surface area contributed by atoms with E-state index in [2.05, 4.69) is 11.7 Å². The SMILES string of the molecule is COC(=O)C1=C(N)C[C@@H](C)CC1. The zero-order valence-electron chi connectivity index (χ0n) is 7.59. The molecule has 1 rings (SSSR count). The predicted octanol–water partition coefficient (Wildman–Crippen LogP) is 1.19. The molecule has 0 unspecified atom stereocenters. The first-order chi connectivity index (χ1) is 5.65. The number of carbonyl (C=O) groups is 1. The molecular weight excluding hydrogens is 154 g/mol. The molecule has 0 aliphatic heterocycles. The Morgan fingerprint density at radius 2 is 2.33 bits per heavy atom. The summed E-state index contributed by atoms with van der Waals surface area (Å²) in [5.41, 5.74) is 7.11. The fourth-order valence-electron chi connectivity index (χ4n) is 1.51. The molecule has 1 atom stereocenters. The van der Waals surface area contributed by atoms with Gasteiger partial charge in [-0.3, -0.25) is 0 Å². The number of allylic oxidation sites excluding steroid dienone is 1. The largest absolute Gasteiger partial charge is 0.466 e. The van der Waals surface area contributed by atoms with E-state index in [9.17, 15) is 4.79 Å². The van der Waals surface area contributed by atoms with Crippen molar-refractivity contribution in [3.05, 3.63) is 11.3 Å². The zero-order valence-corrected chi connectivity index (χ0v) is 7.59. The molecule has 1 aliphatic carbocycles. The van der Waals surface area contributed by atoms with Gasteiger partial charge in [-0.1, -0.05) is 6.92 Å². The first-order valence-corrected chi connectivity index (χ1v) is 4.21. The normalized spacial score (nSPS) is 24.0. The summed E-state index contributed by atoms with van der Waals surface area (Å²) in [5, 5.41) is 0. The molecule has 12 heavy (non-hydrogen) atoms. The van der Waals surface area contributed by atoms with Gasteiger partial charge in [-0.2, -0.15) is 0 Å². The van der Waals surface area contributed by atoms with Crippen molar-refractivity contribution >= 4 is 5.97 Å². The fourth-order valence-corrected chi connectivity index (χ4v) is 1.51. The molecule has 0 aromatic rings. The molecule has 0 aromatic heterocycles. The topological polar surface area (TPSA) is 52.3 Å². The summed E-state index contributed by atoms with van der Waals surface area (Å²) in [5.74, 6) is 0.331. The monoisotopic (exact) mass is 169 g/mol. The number of rotatable bonds is 1. The lowest BCUT2D eigenvalue weighted by Crippen LogP contribution is -2.19. The molecule has 0 spiro atoms. The smallest absolute Gasteiger partial charge is 0.335 e. The van der Waals surface area contributed by atoms with Crippen molar-refractivity contribution in [2.75, 3.05) is 7.11 Å². The lowest BCUT2D eigenvalue weighted by Gasteiger charge is -2.20. The van der Waals surface area contributed by atoms with Crippen LogP contribution < -0.4 is 5.73 Å². The number of nitrogens with two attached hydrogens (primary N) is 1. The van der Waals surface area contributed by atoms with Gasteiger partial charge in [0.15, 0.2) is 0 Å². The van der Waals surface area contributed by atoms with Crippen LogP contribution >= 0.6 is 0 Å². The number of hydrogen-bond acceptors (Lipinski definition) is 3. The van der Waals surface area contributed by atoms with Crippen LogP contribution in [0.15, 0.2) is 11.3 Å². The molecule has 3 heteroatoms. The third-order valence-corrected chi connectivity index (χ3v) is 2.27. The van der Waals surface area contributed by atoms with Gasteiger partial charge in [0.2, 0.25) is 0 Å². The van der Waals surface area contributed by atoms with Crippen LogP contribution in [-0.4, -0.2) is 13.1 Å². The van der Waals surface area contributed by atoms with E-state index in [1.807, 2.05) is 0 Å². The van der Waals surface area contributed by atoms with Gasteiger partial charge in [-0.05, 0) is 25.2 Å². The van der Waals surface area contributed by atoms with Gasteiger partial charge in [0.25, 0.3) is 0 Å². The number of carbonyl (C=O) groups excluding carboxylic acids is 1. The van der Waals surface area contributed by atoms with E-state index in [4.69, 9.17) is 5.73 Å². The van der Waals surface area contributed by atoms with Crippen LogP contribution in [0, 0.1) is 5.92 Å². The van der Waals surface area contributed by atoms with Crippen molar-refractivity contribution in [1.82, 2.24) is 0 Å². The van der Waals surface area contributed by atoms with Gasteiger partial charge in [-0.15, -0.1) is 0 Å². The second kappa shape index (κ2) is 3.61. The minimum Gasteiger partial charge on any atom is -0.466 e. The summed E-state index contributed by atoms with van der Waals surface area (Å²) in [4.78, 5) is 11.1. The second-order valence-electron chi connectivity index (χ2n) is 3.34. The molecule has 2 N–H and O–H groups in total. The van der Waals surface area contributed by atoms with Crippen LogP contribution in [0.3, 0.4) is 0 Å². The van der Waals surface area contributed by atoms with Gasteiger partial charge in [0.05, 0.1) is 12.7 Å². The van der Waals surface area contributed by atoms with Crippen LogP contribution in [0.25, 0.3) is 0 Å². The Kier molecular flexibility index (Phi) is 2.74. The summed E-state index contributed by atoms with van der Waals surface area (Å²) in [6, 6.07) is 0. The van der Waals surface area contributed by atoms with Gasteiger partial charge in [0, 0.05) is 5.70 Å². The molecule has 0 heterocycles. The lowest BCUT2D eigenvalue weighted by molar-refractivity contribution is -0.136. The molecule has 68 valence electrons. The van der Waals surface area contributed by atoms with E-state index in [-0.39, 0.29) is 5.97 Å². The van der Waals surface area contributed by atoms with Crippen molar-refractivity contribution in [2.24, 2.45) is 11.7 Å². The van der Waals surface area contributed by atoms with Gasteiger partial charge >= 0.3 is 5.97 Å². The van der Waals surface area contributed by atoms with Crippen molar-refractivity contribution in [3.8, 4) is 0 Å². The first-order valence-electron chi connectivity index (χ1n) is 4.21. The fraction of sp³-hybridized carbons (Fsp3) is 0.667. The van der Waals surface area contributed by atoms with Crippen LogP contribution in [0.1, 0.15) is 26.2 Å². The maximum absolute atomic E-state index is 11.1. The summed E-state index contributed by atoms with van der Waals surface area (Å²) >= 11 is 0. The van der Waals surface area contributed by atoms with Crippen LogP contribution in [0.5, 0.6) is 0 Å². The van der Waals surface area contributed by atoms with Gasteiger partial charge < -0.3 is 10.5 Å². The van der Waals surface area contributed by atoms with Crippen LogP contribution in [0.4, 0.5) is 0 Å². The Labute approximate surface area is 72.6 Å². The van der Waals surface area contributed by atoms with E-state index >= 15 is 0 Å². The van der Waals surface area contributed by atoms with Gasteiger partial charge in [0.1, 0.15) is 0 Å². The average molecular weight is 169 g/mol. The van der Waals surface area contributed by atoms with Crippen LogP contribution in [0.2, 0.25) is 0 Å². The molecule has 0 amide bonds. The summed E-state index contributed by atoms with van der Waals surface area (Å²) in [7, 11) is 1.39. The molecule has 0 bridgehead atoms. The van der Waals surface area contributed by atoms with Crippen molar-refractivity contribution in [1.29, 1.82) is 0 Å². The maximum atomic E-state index is 11.1. The standard InChI is InChI=1S/C9H15NO2/c1-6-3-4-7(8(10)5-6)9(11)12-2/h6H,3-5,10H2,1-2H3/t6-/m0/s1. The first kappa shape index (κ1) is 9.10. The van der Waals surface area contributed by atoms with Gasteiger partial charge in [-0.25, -0.2) is 4.79 Å². The minimum absolute atomic E-state index is 0.264. The number of ether oxygens (including phenoxy) is 1. The van der Waals surface area contributed by atoms with E-state index in [1.54, 1.807) is 0 Å². The molecule has 0 radical (unpaired) electrons. The van der Waals surface area contributed by atoms with Crippen molar-refractivity contribution in [3.63, 3.8) is 0 Å². The Morgan fingerprint density at radius 3 is 2.83 bits per heavy atom. The molecule has 1 aliphatic rings. The van der Waals surface area contributed by atoms with Crippen molar-refractivity contribution in [2.45, 2.75) is 26.2 Å². The minimum atomic E-state index is -0.264. The number of hydrogen-bond donors (Lipinski definition) is 1. The Balaban J connectivity index is 2.75. The summed E-state index contributed by atoms with van der Waals surface area (Å²) in [6.45, 7) is 2.14. The lowest BCUT2D eigenvalue weighted by atomic mass is 9.89. The average Bonchev–Trinajstić information content (AvgIpc) is 2.03. The van der Waals surface area contributed by atoms with E-state index < -0.39 is 0 Å². The Hall–Kier alpha value is -0.990. The zero-order chi connectivity index (χ0) is 9.14. The predicted molar refractivity (Wildman–Crippen MR) is 46.2 cm³/mol. The maximum Gasteiger partial charge on any atom is 0.335 e. The molecule has 3 nitrogen and oxygen atoms in total. The molecule has 0 aromatic carbocycles. The highest BCUT2D eigenvalue weighted by Crippen LogP contribution is 2.26. The molecule has 0 fully saturated rings. The Morgan fingerprint density at radius 1 is 1.67 bits per heavy atom. The molecule has 0 saturated carbocycles. The van der Waals surface area contributed by atoms with E-state index in [0.717, 1.165) is 19.3 Å².